The molecule has 0 aromatic carbocycles. The van der Waals surface area contributed by atoms with Gasteiger partial charge in [0.15, 0.2) is 0 Å². The number of aromatic amines is 1. The highest BCUT2D eigenvalue weighted by Gasteiger charge is 2.27. The number of piperidine rings is 1. The van der Waals surface area contributed by atoms with Crippen LogP contribution in [0.2, 0.25) is 0 Å². The predicted molar refractivity (Wildman–Crippen MR) is 102 cm³/mol. The third kappa shape index (κ3) is 3.75. The first kappa shape index (κ1) is 18.5. The lowest BCUT2D eigenvalue weighted by atomic mass is 9.92. The number of nitrogens with one attached hydrogen (secondary N) is 2. The minimum Gasteiger partial charge on any atom is -0.396 e. The van der Waals surface area contributed by atoms with Crippen LogP contribution in [0.5, 0.6) is 0 Å². The zero-order valence-corrected chi connectivity index (χ0v) is 15.6. The van der Waals surface area contributed by atoms with Crippen LogP contribution in [0.3, 0.4) is 0 Å². The molecule has 2 aliphatic rings. The van der Waals surface area contributed by atoms with Gasteiger partial charge in [0.25, 0.3) is 11.5 Å². The molecule has 1 atom stereocenters. The van der Waals surface area contributed by atoms with Crippen molar-refractivity contribution in [2.75, 3.05) is 24.6 Å². The normalized spacial score (nSPS) is 19.9. The average molecular weight is 384 g/mol. The number of aliphatic hydroxyl groups excluding tert-OH is 1. The van der Waals surface area contributed by atoms with E-state index < -0.39 is 11.5 Å². The van der Waals surface area contributed by atoms with Gasteiger partial charge in [-0.3, -0.25) is 9.59 Å². The number of hydrogen-bond donors (Lipinski definition) is 3. The van der Waals surface area contributed by atoms with Gasteiger partial charge in [0.2, 0.25) is 5.95 Å². The summed E-state index contributed by atoms with van der Waals surface area (Å²) in [5, 5.41) is 12.2. The molecule has 3 N–H and O–H groups in total. The Hall–Kier alpha value is -2.81. The molecule has 0 bridgehead atoms. The lowest BCUT2D eigenvalue weighted by Crippen LogP contribution is -2.37. The molecule has 0 saturated carbocycles. The number of aliphatic hydroxyl groups is 1. The van der Waals surface area contributed by atoms with E-state index in [2.05, 4.69) is 25.2 Å². The van der Waals surface area contributed by atoms with Crippen molar-refractivity contribution < 1.29 is 9.90 Å². The van der Waals surface area contributed by atoms with Crippen LogP contribution in [-0.2, 0) is 6.42 Å². The molecule has 1 aliphatic carbocycles. The van der Waals surface area contributed by atoms with E-state index in [0.29, 0.717) is 11.9 Å². The van der Waals surface area contributed by atoms with E-state index in [1.807, 2.05) is 0 Å². The highest BCUT2D eigenvalue weighted by atomic mass is 16.3. The lowest BCUT2D eigenvalue weighted by molar-refractivity contribution is 0.0930. The van der Waals surface area contributed by atoms with Crippen LogP contribution in [0.15, 0.2) is 23.5 Å². The van der Waals surface area contributed by atoms with Gasteiger partial charge < -0.3 is 20.3 Å². The van der Waals surface area contributed by atoms with Crippen molar-refractivity contribution in [3.05, 3.63) is 45.9 Å². The molecule has 1 aliphatic heterocycles. The predicted octanol–water partition coefficient (Wildman–Crippen LogP) is 0.576. The third-order valence-corrected chi connectivity index (χ3v) is 5.59. The number of carbonyl (C=O) groups excluding carboxylic acids is 1. The Morgan fingerprint density at radius 1 is 1.29 bits per heavy atom. The monoisotopic (exact) mass is 384 g/mol. The fourth-order valence-corrected chi connectivity index (χ4v) is 3.90. The van der Waals surface area contributed by atoms with Gasteiger partial charge in [0, 0.05) is 37.7 Å². The van der Waals surface area contributed by atoms with Crippen molar-refractivity contribution in [3.8, 4) is 0 Å². The molecule has 2 aromatic rings. The van der Waals surface area contributed by atoms with E-state index in [1.54, 1.807) is 6.20 Å². The summed E-state index contributed by atoms with van der Waals surface area (Å²) in [6.07, 6.45) is 8.74. The molecular weight excluding hydrogens is 360 g/mol. The minimum absolute atomic E-state index is 0.00100. The average Bonchev–Trinajstić information content (AvgIpc) is 2.74. The maximum atomic E-state index is 12.5. The Balaban J connectivity index is 1.50. The highest BCUT2D eigenvalue weighted by Crippen LogP contribution is 2.30. The number of nitrogens with zero attached hydrogens (tertiary/aromatic N) is 4. The molecule has 0 radical (unpaired) electrons. The SMILES string of the molecule is O=C(NC1CCCc2nc(N3CCC(CO)CC3)ncc21)c1cnc[nH]c1=O. The molecule has 1 amide bonds. The van der Waals surface area contributed by atoms with E-state index in [1.165, 1.54) is 12.5 Å². The number of anilines is 1. The molecule has 3 heterocycles. The second kappa shape index (κ2) is 8.05. The van der Waals surface area contributed by atoms with E-state index >= 15 is 0 Å². The summed E-state index contributed by atoms with van der Waals surface area (Å²) in [6.45, 7) is 1.92. The van der Waals surface area contributed by atoms with Gasteiger partial charge in [0.05, 0.1) is 18.1 Å². The van der Waals surface area contributed by atoms with Crippen molar-refractivity contribution in [1.29, 1.82) is 0 Å². The first-order valence-corrected chi connectivity index (χ1v) is 9.71. The number of aryl methyl sites for hydroxylation is 1. The third-order valence-electron chi connectivity index (χ3n) is 5.59. The van der Waals surface area contributed by atoms with Gasteiger partial charge in [-0.2, -0.15) is 0 Å². The second-order valence-corrected chi connectivity index (χ2v) is 7.40. The fourth-order valence-electron chi connectivity index (χ4n) is 3.90. The number of fused-ring (bicyclic) bond motifs is 1. The smallest absolute Gasteiger partial charge is 0.263 e. The first-order chi connectivity index (χ1) is 13.7. The van der Waals surface area contributed by atoms with Gasteiger partial charge in [-0.05, 0) is 38.0 Å². The van der Waals surface area contributed by atoms with Crippen LogP contribution in [0.4, 0.5) is 5.95 Å². The van der Waals surface area contributed by atoms with E-state index in [0.717, 1.165) is 56.5 Å². The number of carbonyl (C=O) groups is 1. The van der Waals surface area contributed by atoms with Gasteiger partial charge in [-0.1, -0.05) is 0 Å². The number of amides is 1. The largest absolute Gasteiger partial charge is 0.396 e. The molecule has 1 unspecified atom stereocenters. The standard InChI is InChI=1S/C19H24N6O3/c26-10-12-4-6-25(7-5-12)19-21-9-13-15(2-1-3-16(13)24-19)23-18(28)14-8-20-11-22-17(14)27/h8-9,11-12,15,26H,1-7,10H2,(H,23,28)(H,20,22,27). The molecule has 1 fully saturated rings. The Labute approximate surface area is 162 Å². The Morgan fingerprint density at radius 3 is 2.86 bits per heavy atom. The van der Waals surface area contributed by atoms with Crippen molar-refractivity contribution >= 4 is 11.9 Å². The molecule has 9 nitrogen and oxygen atoms in total. The second-order valence-electron chi connectivity index (χ2n) is 7.40. The number of H-pyrrole nitrogens is 1. The minimum atomic E-state index is -0.457. The Kier molecular flexibility index (Phi) is 5.34. The van der Waals surface area contributed by atoms with Gasteiger partial charge in [-0.15, -0.1) is 0 Å². The van der Waals surface area contributed by atoms with Crippen LogP contribution < -0.4 is 15.8 Å². The first-order valence-electron chi connectivity index (χ1n) is 9.71. The van der Waals surface area contributed by atoms with Crippen molar-refractivity contribution in [1.82, 2.24) is 25.3 Å². The summed E-state index contributed by atoms with van der Waals surface area (Å²) in [6, 6.07) is -0.218. The molecule has 4 rings (SSSR count). The van der Waals surface area contributed by atoms with Gasteiger partial charge in [0.1, 0.15) is 5.56 Å². The number of rotatable bonds is 4. The van der Waals surface area contributed by atoms with Crippen molar-refractivity contribution in [2.45, 2.75) is 38.1 Å². The highest BCUT2D eigenvalue weighted by molar-refractivity contribution is 5.93. The summed E-state index contributed by atoms with van der Waals surface area (Å²) in [5.41, 5.74) is 1.40. The zero-order valence-electron chi connectivity index (χ0n) is 15.6. The molecule has 28 heavy (non-hydrogen) atoms. The molecule has 0 spiro atoms. The summed E-state index contributed by atoms with van der Waals surface area (Å²) >= 11 is 0. The van der Waals surface area contributed by atoms with Gasteiger partial charge in [-0.25, -0.2) is 15.0 Å². The summed E-state index contributed by atoms with van der Waals surface area (Å²) < 4.78 is 0. The van der Waals surface area contributed by atoms with Crippen LogP contribution in [0, 0.1) is 5.92 Å². The molecule has 2 aromatic heterocycles. The van der Waals surface area contributed by atoms with Crippen LogP contribution in [0.25, 0.3) is 0 Å². The fraction of sp³-hybridized carbons (Fsp3) is 0.526. The molecule has 9 heteroatoms. The Bertz CT molecular complexity index is 907. The molecule has 148 valence electrons. The van der Waals surface area contributed by atoms with Gasteiger partial charge >= 0.3 is 0 Å². The maximum absolute atomic E-state index is 12.5. The van der Waals surface area contributed by atoms with Crippen LogP contribution in [-0.4, -0.2) is 50.6 Å². The topological polar surface area (TPSA) is 124 Å². The van der Waals surface area contributed by atoms with Crippen LogP contribution in [0.1, 0.15) is 53.3 Å². The summed E-state index contributed by atoms with van der Waals surface area (Å²) in [4.78, 5) is 42.0. The quantitative estimate of drug-likeness (QED) is 0.704. The van der Waals surface area contributed by atoms with Crippen molar-refractivity contribution in [3.63, 3.8) is 0 Å². The van der Waals surface area contributed by atoms with E-state index in [4.69, 9.17) is 4.98 Å². The van der Waals surface area contributed by atoms with E-state index in [9.17, 15) is 14.7 Å². The summed E-state index contributed by atoms with van der Waals surface area (Å²) in [5.74, 6) is 0.636. The molecule has 1 saturated heterocycles. The van der Waals surface area contributed by atoms with Crippen LogP contribution >= 0.6 is 0 Å². The Morgan fingerprint density at radius 2 is 2.11 bits per heavy atom. The van der Waals surface area contributed by atoms with Crippen molar-refractivity contribution in [2.24, 2.45) is 5.92 Å². The number of aromatic nitrogens is 4. The molecular formula is C19H24N6O3. The maximum Gasteiger partial charge on any atom is 0.263 e. The number of hydrogen-bond acceptors (Lipinski definition) is 7. The lowest BCUT2D eigenvalue weighted by Gasteiger charge is -2.32. The zero-order chi connectivity index (χ0) is 19.5. The van der Waals surface area contributed by atoms with E-state index in [-0.39, 0.29) is 18.2 Å². The summed E-state index contributed by atoms with van der Waals surface area (Å²) in [7, 11) is 0.